The van der Waals surface area contributed by atoms with Crippen molar-refractivity contribution >= 4 is 77.0 Å². The van der Waals surface area contributed by atoms with Crippen molar-refractivity contribution in [3.8, 4) is 5.75 Å². The molecule has 0 aromatic heterocycles. The molecule has 0 unspecified atom stereocenters. The molecule has 0 radical (unpaired) electrons. The van der Waals surface area contributed by atoms with Crippen LogP contribution in [0.1, 0.15) is 89.2 Å². The summed E-state index contributed by atoms with van der Waals surface area (Å²) < 4.78 is 0. The summed E-state index contributed by atoms with van der Waals surface area (Å²) in [5.74, 6) is -11.2. The Morgan fingerprint density at radius 3 is 1.63 bits per heavy atom. The van der Waals surface area contributed by atoms with E-state index < -0.39 is 139 Å². The van der Waals surface area contributed by atoms with Gasteiger partial charge in [0, 0.05) is 51.9 Å². The zero-order chi connectivity index (χ0) is 61.1. The third-order valence-corrected chi connectivity index (χ3v) is 12.9. The molecule has 1 aliphatic rings. The largest absolute Gasteiger partial charge is 0.508 e. The average molecular weight is 1150 g/mol. The van der Waals surface area contributed by atoms with Gasteiger partial charge >= 0.3 is 5.97 Å². The van der Waals surface area contributed by atoms with Gasteiger partial charge in [-0.3, -0.25) is 62.7 Å². The van der Waals surface area contributed by atoms with Crippen molar-refractivity contribution in [3.05, 3.63) is 65.7 Å². The quantitative estimate of drug-likeness (QED) is 0.0174. The van der Waals surface area contributed by atoms with Gasteiger partial charge in [0.15, 0.2) is 11.9 Å². The van der Waals surface area contributed by atoms with Crippen molar-refractivity contribution in [3.63, 3.8) is 0 Å². The Balaban J connectivity index is 1.96. The number of carbonyl (C=O) groups is 11. The van der Waals surface area contributed by atoms with Crippen LogP contribution in [0, 0.1) is 5.92 Å². The summed E-state index contributed by atoms with van der Waals surface area (Å²) in [6, 6.07) is 3.03. The van der Waals surface area contributed by atoms with Gasteiger partial charge in [-0.05, 0) is 74.1 Å². The number of hydrogen-bond donors (Lipinski definition) is 16. The Morgan fingerprint density at radius 1 is 0.598 bits per heavy atom. The number of aliphatic carboxylic acids is 1. The number of likely N-dealkylation sites (tertiary alicyclic amines) is 1. The number of rotatable bonds is 35. The average Bonchev–Trinajstić information content (AvgIpc) is 3.93. The fourth-order valence-electron chi connectivity index (χ4n) is 8.67. The number of phenols is 1. The molecule has 0 saturated carbocycles. The first-order valence-electron chi connectivity index (χ1n) is 26.6. The van der Waals surface area contributed by atoms with Crippen LogP contribution in [0.2, 0.25) is 0 Å². The molecule has 1 heterocycles. The maximum atomic E-state index is 14.7. The van der Waals surface area contributed by atoms with E-state index in [0.717, 1.165) is 0 Å². The van der Waals surface area contributed by atoms with Gasteiger partial charge in [0.25, 0.3) is 0 Å². The third-order valence-electron chi connectivity index (χ3n) is 12.9. The number of amides is 10. The molecule has 450 valence electrons. The van der Waals surface area contributed by atoms with E-state index in [0.29, 0.717) is 17.5 Å². The molecule has 30 nitrogen and oxygen atoms in total. The van der Waals surface area contributed by atoms with E-state index in [2.05, 4.69) is 47.2 Å². The normalized spacial score (nSPS) is 15.3. The number of nitrogens with two attached hydrogens (primary N) is 7. The highest BCUT2D eigenvalue weighted by atomic mass is 16.4. The summed E-state index contributed by atoms with van der Waals surface area (Å²) in [6.45, 7) is 3.20. The van der Waals surface area contributed by atoms with E-state index in [9.17, 15) is 63.0 Å². The van der Waals surface area contributed by atoms with E-state index in [-0.39, 0.29) is 95.2 Å². The Hall–Kier alpha value is -9.09. The van der Waals surface area contributed by atoms with Gasteiger partial charge in [-0.1, -0.05) is 56.3 Å². The molecule has 2 aromatic carbocycles. The number of guanidine groups is 2. The molecule has 3 rings (SSSR count). The minimum atomic E-state index is -1.57. The van der Waals surface area contributed by atoms with Gasteiger partial charge < -0.3 is 92.5 Å². The monoisotopic (exact) mass is 1150 g/mol. The lowest BCUT2D eigenvalue weighted by molar-refractivity contribution is -0.143. The Morgan fingerprint density at radius 2 is 1.10 bits per heavy atom. The molecule has 0 bridgehead atoms. The number of benzene rings is 2. The molecule has 1 fully saturated rings. The minimum Gasteiger partial charge on any atom is -0.508 e. The Kier molecular flexibility index (Phi) is 28.0. The predicted octanol–water partition coefficient (Wildman–Crippen LogP) is -5.10. The highest BCUT2D eigenvalue weighted by Gasteiger charge is 2.40. The first kappa shape index (κ1) is 67.2. The number of carbonyl (C=O) groups excluding carboxylic acids is 10. The van der Waals surface area contributed by atoms with Crippen LogP contribution in [0.25, 0.3) is 0 Å². The molecular formula is C52H79N17O13. The maximum absolute atomic E-state index is 14.7. The summed E-state index contributed by atoms with van der Waals surface area (Å²) in [6.07, 6.45) is -1.60. The predicted molar refractivity (Wildman–Crippen MR) is 298 cm³/mol. The van der Waals surface area contributed by atoms with Crippen molar-refractivity contribution < 1.29 is 63.0 Å². The van der Waals surface area contributed by atoms with E-state index in [4.69, 9.17) is 40.1 Å². The molecular weight excluding hydrogens is 1070 g/mol. The van der Waals surface area contributed by atoms with Gasteiger partial charge in [-0.25, -0.2) is 0 Å². The third kappa shape index (κ3) is 23.7. The fourth-order valence-corrected chi connectivity index (χ4v) is 8.67. The van der Waals surface area contributed by atoms with Crippen molar-refractivity contribution in [1.29, 1.82) is 0 Å². The Labute approximate surface area is 473 Å². The maximum Gasteiger partial charge on any atom is 0.303 e. The smallest absolute Gasteiger partial charge is 0.303 e. The minimum absolute atomic E-state index is 0.0143. The standard InChI is InChI=1S/C52H79N17O13/c1-28(2)42(68-45(77)33(18-19-41(73)74)63-46(78)36(62-40(72)20-21-53)26-30-14-16-31(70)17-15-30)49(81)67-37(25-29-9-4-3-5-10-29)47(79)65-34(12-7-23-61-52(58)59)50(82)69-24-8-13-38(69)48(80)64-32(11-6-22-60-51(56)57)44(76)66-35(43(55)75)27-39(54)71/h3-5,9-10,14-17,28,32-38,42,70H,6-8,11-13,18-27,53H2,1-2H3,(H2,54,71)(H2,55,75)(H,62,72)(H,63,78)(H,64,80)(H,65,79)(H,66,76)(H,67,81)(H,68,77)(H,73,74)(H4,56,57,60)(H4,58,59,61)/t32-,33-,34-,35-,36-,37-,38-,42-/m0/s1. The van der Waals surface area contributed by atoms with Crippen LogP contribution in [-0.4, -0.2) is 167 Å². The van der Waals surface area contributed by atoms with Crippen LogP contribution in [0.4, 0.5) is 0 Å². The van der Waals surface area contributed by atoms with Crippen LogP contribution in [0.5, 0.6) is 5.75 Å². The fraction of sp³-hybridized carbons (Fsp3) is 0.519. The van der Waals surface area contributed by atoms with Crippen molar-refractivity contribution in [1.82, 2.24) is 42.1 Å². The lowest BCUT2D eigenvalue weighted by atomic mass is 9.99. The zero-order valence-electron chi connectivity index (χ0n) is 46.0. The molecule has 82 heavy (non-hydrogen) atoms. The second-order valence-electron chi connectivity index (χ2n) is 19.8. The lowest BCUT2D eigenvalue weighted by Gasteiger charge is -2.31. The van der Waals surface area contributed by atoms with Crippen molar-refractivity contribution in [2.45, 2.75) is 139 Å². The van der Waals surface area contributed by atoms with Crippen LogP contribution >= 0.6 is 0 Å². The number of carboxylic acids is 1. The first-order valence-corrected chi connectivity index (χ1v) is 26.6. The highest BCUT2D eigenvalue weighted by Crippen LogP contribution is 2.21. The van der Waals surface area contributed by atoms with Gasteiger partial charge in [0.1, 0.15) is 54.1 Å². The van der Waals surface area contributed by atoms with Gasteiger partial charge in [-0.15, -0.1) is 0 Å². The zero-order valence-corrected chi connectivity index (χ0v) is 46.0. The summed E-state index contributed by atoms with van der Waals surface area (Å²) in [5.41, 5.74) is 39.3. The second kappa shape index (κ2) is 34.1. The summed E-state index contributed by atoms with van der Waals surface area (Å²) >= 11 is 0. The highest BCUT2D eigenvalue weighted by molar-refractivity contribution is 5.99. The molecule has 1 aliphatic heterocycles. The molecule has 0 spiro atoms. The van der Waals surface area contributed by atoms with Crippen LogP contribution in [0.15, 0.2) is 64.6 Å². The summed E-state index contributed by atoms with van der Waals surface area (Å²) in [5, 5.41) is 37.5. The number of carboxylic acid groups (broad SMARTS) is 1. The number of aliphatic imine (C=N–C) groups is 2. The molecule has 8 atom stereocenters. The van der Waals surface area contributed by atoms with E-state index in [1.807, 2.05) is 0 Å². The number of nitrogens with one attached hydrogen (secondary N) is 7. The number of phenolic OH excluding ortho intramolecular Hbond substituents is 1. The summed E-state index contributed by atoms with van der Waals surface area (Å²) in [7, 11) is 0. The molecule has 23 N–H and O–H groups in total. The van der Waals surface area contributed by atoms with Crippen LogP contribution in [-0.2, 0) is 65.6 Å². The molecule has 2 aromatic rings. The van der Waals surface area contributed by atoms with Gasteiger partial charge in [0.05, 0.1) is 6.42 Å². The number of hydrogen-bond acceptors (Lipinski definition) is 15. The molecule has 1 saturated heterocycles. The van der Waals surface area contributed by atoms with Crippen molar-refractivity contribution in [2.24, 2.45) is 56.0 Å². The number of aromatic hydroxyl groups is 1. The molecule has 0 aliphatic carbocycles. The SMILES string of the molecule is CC(C)[C@H](NC(=O)[C@H](CCC(=O)O)NC(=O)[C@H](Cc1ccc(O)cc1)NC(=O)CCN)C(=O)N[C@@H](Cc1ccccc1)C(=O)N[C@@H](CCCN=C(N)N)C(=O)N1CCC[C@H]1C(=O)N[C@@H](CCCN=C(N)N)C(=O)N[C@@H](CC(N)=O)C(N)=O. The van der Waals surface area contributed by atoms with Crippen molar-refractivity contribution in [2.75, 3.05) is 26.2 Å². The number of primary amides is 2. The second-order valence-corrected chi connectivity index (χ2v) is 19.8. The van der Waals surface area contributed by atoms with Gasteiger partial charge in [-0.2, -0.15) is 0 Å². The summed E-state index contributed by atoms with van der Waals surface area (Å²) in [4.78, 5) is 157. The first-order chi connectivity index (χ1) is 38.8. The topological polar surface area (TPSA) is 523 Å². The van der Waals surface area contributed by atoms with E-state index in [1.54, 1.807) is 44.2 Å². The van der Waals surface area contributed by atoms with Crippen LogP contribution < -0.4 is 77.4 Å². The van der Waals surface area contributed by atoms with Crippen LogP contribution in [0.3, 0.4) is 0 Å². The Bertz CT molecular complexity index is 2600. The van der Waals surface area contributed by atoms with E-state index >= 15 is 0 Å². The van der Waals surface area contributed by atoms with Gasteiger partial charge in [0.2, 0.25) is 59.1 Å². The van der Waals surface area contributed by atoms with E-state index in [1.165, 1.54) is 29.2 Å². The lowest BCUT2D eigenvalue weighted by Crippen LogP contribution is -2.61. The number of nitrogens with zero attached hydrogens (tertiary/aromatic N) is 3. The molecule has 30 heteroatoms. The molecule has 10 amide bonds.